The van der Waals surface area contributed by atoms with Gasteiger partial charge in [0.2, 0.25) is 5.95 Å². The summed E-state index contributed by atoms with van der Waals surface area (Å²) in [5.41, 5.74) is 0.452. The molecule has 1 N–H and O–H groups in total. The Morgan fingerprint density at radius 1 is 1.11 bits per heavy atom. The van der Waals surface area contributed by atoms with Crippen molar-refractivity contribution in [3.8, 4) is 6.07 Å². The second kappa shape index (κ2) is 8.18. The summed E-state index contributed by atoms with van der Waals surface area (Å²) in [6, 6.07) is 9.88. The van der Waals surface area contributed by atoms with Gasteiger partial charge in [-0.15, -0.1) is 0 Å². The first kappa shape index (κ1) is 17.5. The van der Waals surface area contributed by atoms with Crippen LogP contribution in [0.4, 0.5) is 17.6 Å². The van der Waals surface area contributed by atoms with Crippen molar-refractivity contribution in [3.05, 3.63) is 36.2 Å². The van der Waals surface area contributed by atoms with E-state index in [0.717, 1.165) is 56.6 Å². The van der Waals surface area contributed by atoms with E-state index in [-0.39, 0.29) is 6.04 Å². The van der Waals surface area contributed by atoms with E-state index < -0.39 is 0 Å². The van der Waals surface area contributed by atoms with E-state index in [1.807, 2.05) is 18.2 Å². The maximum atomic E-state index is 9.07. The molecular weight excluding hydrogens is 342 g/mol. The molecule has 2 fully saturated rings. The van der Waals surface area contributed by atoms with Crippen molar-refractivity contribution in [2.24, 2.45) is 0 Å². The molecular formula is C19H23N7O. The summed E-state index contributed by atoms with van der Waals surface area (Å²) < 4.78 is 5.40. The number of anilines is 3. The number of rotatable bonds is 4. The average molecular weight is 365 g/mol. The number of piperidine rings is 1. The lowest BCUT2D eigenvalue weighted by molar-refractivity contribution is 0.122. The van der Waals surface area contributed by atoms with Crippen LogP contribution in [0.25, 0.3) is 0 Å². The molecule has 0 bridgehead atoms. The third kappa shape index (κ3) is 4.26. The van der Waals surface area contributed by atoms with Gasteiger partial charge in [-0.05, 0) is 31.0 Å². The molecule has 2 aliphatic rings. The number of nitriles is 1. The second-order valence-electron chi connectivity index (χ2n) is 6.76. The number of nitrogens with zero attached hydrogens (tertiary/aromatic N) is 6. The standard InChI is InChI=1S/C19H23N7O/c20-13-15-3-1-5-18(23-15)26-8-2-4-16(14-26)22-17-6-7-21-19(24-17)25-9-11-27-12-10-25/h1,3,5-7,16H,2,4,8-12,14H2,(H,21,22,24). The highest BCUT2D eigenvalue weighted by Crippen LogP contribution is 2.21. The van der Waals surface area contributed by atoms with Gasteiger partial charge >= 0.3 is 0 Å². The fraction of sp³-hybridized carbons (Fsp3) is 0.474. The Hall–Kier alpha value is -2.92. The number of pyridine rings is 1. The largest absolute Gasteiger partial charge is 0.378 e. The van der Waals surface area contributed by atoms with Crippen LogP contribution in [0.3, 0.4) is 0 Å². The molecule has 0 saturated carbocycles. The van der Waals surface area contributed by atoms with Crippen LogP contribution in [0.1, 0.15) is 18.5 Å². The van der Waals surface area contributed by atoms with Crippen molar-refractivity contribution in [2.45, 2.75) is 18.9 Å². The molecule has 8 heteroatoms. The van der Waals surface area contributed by atoms with Gasteiger partial charge in [-0.1, -0.05) is 6.07 Å². The van der Waals surface area contributed by atoms with Gasteiger partial charge in [0, 0.05) is 38.4 Å². The molecule has 4 rings (SSSR count). The summed E-state index contributed by atoms with van der Waals surface area (Å²) in [4.78, 5) is 17.9. The van der Waals surface area contributed by atoms with Crippen LogP contribution in [-0.2, 0) is 4.74 Å². The third-order valence-electron chi connectivity index (χ3n) is 4.88. The zero-order valence-electron chi connectivity index (χ0n) is 15.2. The minimum atomic E-state index is 0.277. The Morgan fingerprint density at radius 3 is 2.85 bits per heavy atom. The van der Waals surface area contributed by atoms with Crippen molar-refractivity contribution >= 4 is 17.6 Å². The van der Waals surface area contributed by atoms with Gasteiger partial charge in [0.1, 0.15) is 23.4 Å². The van der Waals surface area contributed by atoms with Gasteiger partial charge in [0.15, 0.2) is 0 Å². The SMILES string of the molecule is N#Cc1cccc(N2CCCC(Nc3ccnc(N4CCOCC4)n3)C2)n1. The molecule has 4 heterocycles. The van der Waals surface area contributed by atoms with Gasteiger partial charge in [0.05, 0.1) is 13.2 Å². The number of nitrogens with one attached hydrogen (secondary N) is 1. The highest BCUT2D eigenvalue weighted by Gasteiger charge is 2.22. The van der Waals surface area contributed by atoms with E-state index in [1.54, 1.807) is 12.3 Å². The minimum Gasteiger partial charge on any atom is -0.378 e. The van der Waals surface area contributed by atoms with E-state index in [4.69, 9.17) is 10.00 Å². The van der Waals surface area contributed by atoms with Gasteiger partial charge in [-0.2, -0.15) is 10.2 Å². The Morgan fingerprint density at radius 2 is 2.00 bits per heavy atom. The van der Waals surface area contributed by atoms with Crippen molar-refractivity contribution in [1.82, 2.24) is 15.0 Å². The molecule has 2 saturated heterocycles. The first-order chi connectivity index (χ1) is 13.3. The van der Waals surface area contributed by atoms with Crippen LogP contribution in [0.15, 0.2) is 30.5 Å². The zero-order valence-corrected chi connectivity index (χ0v) is 15.2. The second-order valence-corrected chi connectivity index (χ2v) is 6.76. The van der Waals surface area contributed by atoms with Crippen LogP contribution in [0.5, 0.6) is 0 Å². The van der Waals surface area contributed by atoms with Crippen LogP contribution in [0, 0.1) is 11.3 Å². The number of aromatic nitrogens is 3. The summed E-state index contributed by atoms with van der Waals surface area (Å²) in [7, 11) is 0. The number of hydrogen-bond donors (Lipinski definition) is 1. The topological polar surface area (TPSA) is 90.2 Å². The molecule has 1 unspecified atom stereocenters. The lowest BCUT2D eigenvalue weighted by Crippen LogP contribution is -2.43. The van der Waals surface area contributed by atoms with Crippen LogP contribution in [0.2, 0.25) is 0 Å². The molecule has 1 atom stereocenters. The average Bonchev–Trinajstić information content (AvgIpc) is 2.75. The summed E-state index contributed by atoms with van der Waals surface area (Å²) in [6.45, 7) is 4.85. The van der Waals surface area contributed by atoms with Crippen molar-refractivity contribution in [1.29, 1.82) is 5.26 Å². The molecule has 0 aliphatic carbocycles. The maximum absolute atomic E-state index is 9.07. The van der Waals surface area contributed by atoms with Crippen LogP contribution in [-0.4, -0.2) is 60.4 Å². The lowest BCUT2D eigenvalue weighted by atomic mass is 10.1. The van der Waals surface area contributed by atoms with Crippen molar-refractivity contribution < 1.29 is 4.74 Å². The highest BCUT2D eigenvalue weighted by atomic mass is 16.5. The smallest absolute Gasteiger partial charge is 0.227 e. The minimum absolute atomic E-state index is 0.277. The normalized spacial score (nSPS) is 20.2. The summed E-state index contributed by atoms with van der Waals surface area (Å²) in [6.07, 6.45) is 3.95. The molecule has 2 aromatic heterocycles. The fourth-order valence-corrected chi connectivity index (χ4v) is 3.52. The first-order valence-electron chi connectivity index (χ1n) is 9.36. The molecule has 140 valence electrons. The number of hydrogen-bond acceptors (Lipinski definition) is 8. The van der Waals surface area contributed by atoms with Crippen LogP contribution >= 0.6 is 0 Å². The zero-order chi connectivity index (χ0) is 18.5. The summed E-state index contributed by atoms with van der Waals surface area (Å²) >= 11 is 0. The van der Waals surface area contributed by atoms with E-state index in [0.29, 0.717) is 18.9 Å². The lowest BCUT2D eigenvalue weighted by Gasteiger charge is -2.34. The maximum Gasteiger partial charge on any atom is 0.227 e. The van der Waals surface area contributed by atoms with Crippen LogP contribution < -0.4 is 15.1 Å². The molecule has 8 nitrogen and oxygen atoms in total. The summed E-state index contributed by atoms with van der Waals surface area (Å²) in [5.74, 6) is 2.45. The highest BCUT2D eigenvalue weighted by molar-refractivity contribution is 5.45. The molecule has 0 spiro atoms. The predicted molar refractivity (Wildman–Crippen MR) is 103 cm³/mol. The van der Waals surface area contributed by atoms with Crippen molar-refractivity contribution in [2.75, 3.05) is 54.5 Å². The van der Waals surface area contributed by atoms with E-state index in [9.17, 15) is 0 Å². The third-order valence-corrected chi connectivity index (χ3v) is 4.88. The quantitative estimate of drug-likeness (QED) is 0.875. The monoisotopic (exact) mass is 365 g/mol. The first-order valence-corrected chi connectivity index (χ1v) is 9.36. The molecule has 0 radical (unpaired) electrons. The van der Waals surface area contributed by atoms with E-state index in [1.165, 1.54) is 0 Å². The van der Waals surface area contributed by atoms with Gasteiger partial charge in [-0.25, -0.2) is 9.97 Å². The molecule has 2 aliphatic heterocycles. The number of ether oxygens (including phenoxy) is 1. The Kier molecular flexibility index (Phi) is 5.30. The molecule has 0 aromatic carbocycles. The Bertz CT molecular complexity index is 816. The number of morpholine rings is 1. The Labute approximate surface area is 158 Å². The van der Waals surface area contributed by atoms with Gasteiger partial charge in [0.25, 0.3) is 0 Å². The fourth-order valence-electron chi connectivity index (χ4n) is 3.52. The van der Waals surface area contributed by atoms with Gasteiger partial charge < -0.3 is 19.9 Å². The van der Waals surface area contributed by atoms with E-state index in [2.05, 4.69) is 36.1 Å². The molecule has 27 heavy (non-hydrogen) atoms. The van der Waals surface area contributed by atoms with Crippen molar-refractivity contribution in [3.63, 3.8) is 0 Å². The van der Waals surface area contributed by atoms with E-state index >= 15 is 0 Å². The molecule has 2 aromatic rings. The molecule has 0 amide bonds. The van der Waals surface area contributed by atoms with Gasteiger partial charge in [-0.3, -0.25) is 0 Å². The summed E-state index contributed by atoms with van der Waals surface area (Å²) in [5, 5.41) is 12.6. The Balaban J connectivity index is 1.42. The predicted octanol–water partition coefficient (Wildman–Crippen LogP) is 1.66.